The Morgan fingerprint density at radius 1 is 0.946 bits per heavy atom. The zero-order valence-electron chi connectivity index (χ0n) is 20.2. The molecule has 1 aromatic heterocycles. The van der Waals surface area contributed by atoms with E-state index in [9.17, 15) is 21.6 Å². The lowest BCUT2D eigenvalue weighted by atomic mass is 10.2. The Morgan fingerprint density at radius 3 is 2.38 bits per heavy atom. The van der Waals surface area contributed by atoms with Crippen molar-refractivity contribution in [1.29, 1.82) is 0 Å². The normalized spacial score (nSPS) is 15.1. The number of sulfonamides is 1. The summed E-state index contributed by atoms with van der Waals surface area (Å²) >= 11 is 0. The first-order valence-corrected chi connectivity index (χ1v) is 13.5. The van der Waals surface area contributed by atoms with Gasteiger partial charge in [-0.15, -0.1) is 0 Å². The van der Waals surface area contributed by atoms with E-state index in [4.69, 9.17) is 4.74 Å². The molecule has 2 heterocycles. The van der Waals surface area contributed by atoms with E-state index in [0.29, 0.717) is 18.2 Å². The maximum Gasteiger partial charge on any atom is 0.416 e. The van der Waals surface area contributed by atoms with Crippen molar-refractivity contribution in [1.82, 2.24) is 14.6 Å². The Balaban J connectivity index is 1.17. The van der Waals surface area contributed by atoms with Gasteiger partial charge in [-0.3, -0.25) is 4.90 Å². The molecule has 0 atom stereocenters. The van der Waals surface area contributed by atoms with Crippen LogP contribution < -0.4 is 14.4 Å². The van der Waals surface area contributed by atoms with Gasteiger partial charge in [0.2, 0.25) is 10.0 Å². The third kappa shape index (κ3) is 7.67. The predicted octanol–water partition coefficient (Wildman–Crippen LogP) is 4.17. The van der Waals surface area contributed by atoms with Crippen LogP contribution in [0, 0.1) is 0 Å². The van der Waals surface area contributed by atoms with Crippen LogP contribution in [0.4, 0.5) is 19.0 Å². The summed E-state index contributed by atoms with van der Waals surface area (Å²) in [7, 11) is -4.04. The van der Waals surface area contributed by atoms with Crippen molar-refractivity contribution >= 4 is 15.8 Å². The van der Waals surface area contributed by atoms with Crippen molar-refractivity contribution in [3.8, 4) is 5.75 Å². The van der Waals surface area contributed by atoms with E-state index in [0.717, 1.165) is 56.7 Å². The monoisotopic (exact) mass is 534 g/mol. The molecule has 0 aliphatic carbocycles. The van der Waals surface area contributed by atoms with Gasteiger partial charge >= 0.3 is 6.18 Å². The number of halogens is 3. The van der Waals surface area contributed by atoms with Gasteiger partial charge < -0.3 is 9.64 Å². The van der Waals surface area contributed by atoms with Crippen molar-refractivity contribution in [2.75, 3.05) is 44.2 Å². The molecule has 0 spiro atoms. The van der Waals surface area contributed by atoms with Crippen LogP contribution in [0.15, 0.2) is 77.8 Å². The SMILES string of the molecule is O=S(=O)(NCCCOc1ccc(CN2CCN(c3ccccn3)CC2)cc1)c1cccc(C(F)(F)F)c1. The Morgan fingerprint density at radius 2 is 1.70 bits per heavy atom. The van der Waals surface area contributed by atoms with E-state index < -0.39 is 26.7 Å². The number of nitrogens with zero attached hydrogens (tertiary/aromatic N) is 3. The van der Waals surface area contributed by atoms with Crippen LogP contribution in [-0.2, 0) is 22.7 Å². The topological polar surface area (TPSA) is 74.8 Å². The first-order valence-electron chi connectivity index (χ1n) is 12.0. The first kappa shape index (κ1) is 26.9. The summed E-state index contributed by atoms with van der Waals surface area (Å²) in [6.45, 7) is 4.90. The molecule has 1 saturated heterocycles. The number of alkyl halides is 3. The van der Waals surface area contributed by atoms with Crippen molar-refractivity contribution in [3.05, 3.63) is 84.1 Å². The average Bonchev–Trinajstić information content (AvgIpc) is 2.90. The summed E-state index contributed by atoms with van der Waals surface area (Å²) in [5.41, 5.74) is 0.168. The predicted molar refractivity (Wildman–Crippen MR) is 135 cm³/mol. The number of hydrogen-bond acceptors (Lipinski definition) is 6. The summed E-state index contributed by atoms with van der Waals surface area (Å²) in [6, 6.07) is 17.4. The molecule has 0 radical (unpaired) electrons. The van der Waals surface area contributed by atoms with Gasteiger partial charge in [0, 0.05) is 45.5 Å². The van der Waals surface area contributed by atoms with E-state index in [-0.39, 0.29) is 13.2 Å². The zero-order valence-corrected chi connectivity index (χ0v) is 21.0. The summed E-state index contributed by atoms with van der Waals surface area (Å²) in [4.78, 5) is 8.68. The smallest absolute Gasteiger partial charge is 0.416 e. The first-order chi connectivity index (χ1) is 17.7. The number of piperazine rings is 1. The molecule has 3 aromatic rings. The standard InChI is InChI=1S/C26H29F3N4O3S/c27-26(28,29)22-5-3-6-24(19-22)37(34,35)31-13-4-18-36-23-10-8-21(9-11-23)20-32-14-16-33(17-15-32)25-7-1-2-12-30-25/h1-3,5-12,19,31H,4,13-18,20H2. The van der Waals surface area contributed by atoms with Crippen LogP contribution in [0.2, 0.25) is 0 Å². The number of rotatable bonds is 10. The van der Waals surface area contributed by atoms with Gasteiger partial charge in [0.25, 0.3) is 0 Å². The van der Waals surface area contributed by atoms with Crippen LogP contribution in [0.25, 0.3) is 0 Å². The van der Waals surface area contributed by atoms with Crippen LogP contribution in [0.1, 0.15) is 17.5 Å². The second-order valence-corrected chi connectivity index (χ2v) is 10.5. The van der Waals surface area contributed by atoms with Gasteiger partial charge in [-0.1, -0.05) is 24.3 Å². The van der Waals surface area contributed by atoms with Gasteiger partial charge in [-0.2, -0.15) is 13.2 Å². The van der Waals surface area contributed by atoms with Crippen LogP contribution in [-0.4, -0.2) is 57.6 Å². The molecule has 37 heavy (non-hydrogen) atoms. The molecule has 0 bridgehead atoms. The highest BCUT2D eigenvalue weighted by Crippen LogP contribution is 2.30. The number of hydrogen-bond donors (Lipinski definition) is 1. The van der Waals surface area contributed by atoms with E-state index in [1.54, 1.807) is 0 Å². The van der Waals surface area contributed by atoms with Crippen LogP contribution in [0.5, 0.6) is 5.75 Å². The van der Waals surface area contributed by atoms with Gasteiger partial charge in [-0.05, 0) is 54.4 Å². The molecule has 4 rings (SSSR count). The summed E-state index contributed by atoms with van der Waals surface area (Å²) in [5, 5.41) is 0. The average molecular weight is 535 g/mol. The number of ether oxygens (including phenoxy) is 1. The Bertz CT molecular complexity index is 1250. The highest BCUT2D eigenvalue weighted by Gasteiger charge is 2.31. The largest absolute Gasteiger partial charge is 0.494 e. The number of anilines is 1. The van der Waals surface area contributed by atoms with Crippen molar-refractivity contribution < 1.29 is 26.3 Å². The molecule has 0 unspecified atom stereocenters. The third-order valence-corrected chi connectivity index (χ3v) is 7.49. The minimum absolute atomic E-state index is 0.0428. The fourth-order valence-electron chi connectivity index (χ4n) is 4.02. The number of benzene rings is 2. The highest BCUT2D eigenvalue weighted by molar-refractivity contribution is 7.89. The number of nitrogens with one attached hydrogen (secondary N) is 1. The fraction of sp³-hybridized carbons (Fsp3) is 0.346. The molecule has 0 saturated carbocycles. The van der Waals surface area contributed by atoms with Crippen LogP contribution >= 0.6 is 0 Å². The Labute approximate surface area is 214 Å². The van der Waals surface area contributed by atoms with E-state index >= 15 is 0 Å². The van der Waals surface area contributed by atoms with E-state index in [1.165, 1.54) is 5.56 Å². The molecule has 1 aliphatic heterocycles. The summed E-state index contributed by atoms with van der Waals surface area (Å²) < 4.78 is 71.2. The second-order valence-electron chi connectivity index (χ2n) is 8.72. The lowest BCUT2D eigenvalue weighted by Crippen LogP contribution is -2.46. The van der Waals surface area contributed by atoms with Gasteiger partial charge in [0.15, 0.2) is 0 Å². The van der Waals surface area contributed by atoms with Crippen molar-refractivity contribution in [2.45, 2.75) is 24.0 Å². The van der Waals surface area contributed by atoms with Crippen molar-refractivity contribution in [3.63, 3.8) is 0 Å². The van der Waals surface area contributed by atoms with Crippen molar-refractivity contribution in [2.24, 2.45) is 0 Å². The Kier molecular flexibility index (Phi) is 8.67. The number of pyridine rings is 1. The molecular weight excluding hydrogens is 505 g/mol. The van der Waals surface area contributed by atoms with E-state index in [1.807, 2.05) is 48.7 Å². The highest BCUT2D eigenvalue weighted by atomic mass is 32.2. The quantitative estimate of drug-likeness (QED) is 0.394. The zero-order chi connectivity index (χ0) is 26.3. The summed E-state index contributed by atoms with van der Waals surface area (Å²) in [5.74, 6) is 1.68. The van der Waals surface area contributed by atoms with Crippen LogP contribution in [0.3, 0.4) is 0 Å². The minimum atomic E-state index is -4.61. The Hall–Kier alpha value is -3.15. The lowest BCUT2D eigenvalue weighted by Gasteiger charge is -2.35. The molecule has 2 aromatic carbocycles. The molecule has 1 aliphatic rings. The van der Waals surface area contributed by atoms with E-state index in [2.05, 4.69) is 19.5 Å². The molecule has 1 fully saturated rings. The fourth-order valence-corrected chi connectivity index (χ4v) is 5.14. The van der Waals surface area contributed by atoms with Gasteiger partial charge in [-0.25, -0.2) is 18.1 Å². The summed E-state index contributed by atoms with van der Waals surface area (Å²) in [6.07, 6.45) is -2.44. The molecule has 0 amide bonds. The lowest BCUT2D eigenvalue weighted by molar-refractivity contribution is -0.137. The molecular formula is C26H29F3N4O3S. The maximum atomic E-state index is 12.8. The molecule has 7 nitrogen and oxygen atoms in total. The maximum absolute atomic E-state index is 12.8. The third-order valence-electron chi connectivity index (χ3n) is 6.03. The minimum Gasteiger partial charge on any atom is -0.494 e. The molecule has 11 heteroatoms. The number of aromatic nitrogens is 1. The molecule has 198 valence electrons. The van der Waals surface area contributed by atoms with Gasteiger partial charge in [0.05, 0.1) is 17.1 Å². The van der Waals surface area contributed by atoms with Gasteiger partial charge in [0.1, 0.15) is 11.6 Å². The molecule has 1 N–H and O–H groups in total. The second kappa shape index (κ2) is 11.9.